The largest absolute Gasteiger partial charge is 0.489 e. The number of hydrogen-bond acceptors (Lipinski definition) is 4. The van der Waals surface area contributed by atoms with Crippen molar-refractivity contribution in [3.05, 3.63) is 101 Å². The van der Waals surface area contributed by atoms with Crippen LogP contribution in [0.5, 0.6) is 5.75 Å². The van der Waals surface area contributed by atoms with Crippen molar-refractivity contribution in [2.24, 2.45) is 0 Å². The summed E-state index contributed by atoms with van der Waals surface area (Å²) in [6.07, 6.45) is 0.641. The molecule has 5 nitrogen and oxygen atoms in total. The second kappa shape index (κ2) is 8.78. The van der Waals surface area contributed by atoms with Gasteiger partial charge >= 0.3 is 0 Å². The highest BCUT2D eigenvalue weighted by molar-refractivity contribution is 6.45. The molecule has 0 atom stereocenters. The fourth-order valence-electron chi connectivity index (χ4n) is 4.59. The minimum atomic E-state index is -0.440. The molecular formula is C28H25FN2O3. The molecule has 0 fully saturated rings. The van der Waals surface area contributed by atoms with Gasteiger partial charge in [0.25, 0.3) is 11.8 Å². The monoisotopic (exact) mass is 456 g/mol. The van der Waals surface area contributed by atoms with Crippen LogP contribution in [-0.2, 0) is 22.6 Å². The minimum absolute atomic E-state index is 0.128. The van der Waals surface area contributed by atoms with Crippen LogP contribution in [0, 0.1) is 5.82 Å². The van der Waals surface area contributed by atoms with E-state index in [2.05, 4.69) is 6.07 Å². The molecule has 2 heterocycles. The van der Waals surface area contributed by atoms with Crippen LogP contribution in [0.3, 0.4) is 0 Å². The number of rotatable bonds is 5. The minimum Gasteiger partial charge on any atom is -0.489 e. The molecule has 0 aromatic heterocycles. The lowest BCUT2D eigenvalue weighted by Crippen LogP contribution is -2.37. The zero-order valence-electron chi connectivity index (χ0n) is 19.1. The quantitative estimate of drug-likeness (QED) is 0.510. The third-order valence-corrected chi connectivity index (χ3v) is 6.11. The molecule has 2 aliphatic rings. The van der Waals surface area contributed by atoms with Crippen molar-refractivity contribution in [1.82, 2.24) is 4.90 Å². The lowest BCUT2D eigenvalue weighted by molar-refractivity contribution is -0.120. The third kappa shape index (κ3) is 3.85. The predicted octanol–water partition coefficient (Wildman–Crippen LogP) is 4.96. The molecule has 3 aromatic rings. The van der Waals surface area contributed by atoms with Gasteiger partial charge in [0, 0.05) is 13.1 Å². The fraction of sp³-hybridized carbons (Fsp3) is 0.214. The smallest absolute Gasteiger partial charge is 0.282 e. The van der Waals surface area contributed by atoms with Crippen LogP contribution in [0.25, 0.3) is 5.57 Å². The number of halogens is 1. The van der Waals surface area contributed by atoms with Gasteiger partial charge < -0.3 is 9.64 Å². The standard InChI is InChI=1S/C28H25FN2O3/c1-18(2)34-24-10-6-5-9-23(24)31-27(32)25(20-11-13-22(29)14-12-20)26(28(31)33)30-16-15-19-7-3-4-8-21(19)17-30/h3-14,18H,15-17H2,1-2H3. The van der Waals surface area contributed by atoms with Crippen molar-refractivity contribution in [1.29, 1.82) is 0 Å². The molecule has 6 heteroatoms. The number of anilines is 1. The van der Waals surface area contributed by atoms with Crippen molar-refractivity contribution >= 4 is 23.1 Å². The van der Waals surface area contributed by atoms with Crippen LogP contribution in [0.2, 0.25) is 0 Å². The molecule has 0 unspecified atom stereocenters. The van der Waals surface area contributed by atoms with E-state index in [0.29, 0.717) is 35.8 Å². The van der Waals surface area contributed by atoms with Crippen molar-refractivity contribution in [3.8, 4) is 5.75 Å². The Kier molecular flexibility index (Phi) is 5.65. The van der Waals surface area contributed by atoms with Gasteiger partial charge in [-0.25, -0.2) is 9.29 Å². The van der Waals surface area contributed by atoms with Crippen molar-refractivity contribution in [3.63, 3.8) is 0 Å². The van der Waals surface area contributed by atoms with Crippen LogP contribution >= 0.6 is 0 Å². The van der Waals surface area contributed by atoms with E-state index in [1.165, 1.54) is 22.6 Å². The SMILES string of the molecule is CC(C)Oc1ccccc1N1C(=O)C(c2ccc(F)cc2)=C(N2CCc3ccccc3C2)C1=O. The Morgan fingerprint density at radius 3 is 2.26 bits per heavy atom. The second-order valence-electron chi connectivity index (χ2n) is 8.75. The Balaban J connectivity index is 1.62. The highest BCUT2D eigenvalue weighted by Gasteiger charge is 2.44. The number of para-hydroxylation sites is 2. The van der Waals surface area contributed by atoms with E-state index in [9.17, 15) is 14.0 Å². The van der Waals surface area contributed by atoms with Gasteiger partial charge in [-0.15, -0.1) is 0 Å². The number of amides is 2. The van der Waals surface area contributed by atoms with E-state index in [1.54, 1.807) is 30.3 Å². The van der Waals surface area contributed by atoms with Crippen LogP contribution in [-0.4, -0.2) is 29.4 Å². The summed E-state index contributed by atoms with van der Waals surface area (Å²) in [7, 11) is 0. The maximum atomic E-state index is 13.9. The number of nitrogens with zero attached hydrogens (tertiary/aromatic N) is 2. The maximum Gasteiger partial charge on any atom is 0.282 e. The zero-order chi connectivity index (χ0) is 23.8. The number of carbonyl (C=O) groups is 2. The first kappa shape index (κ1) is 21.9. The van der Waals surface area contributed by atoms with Crippen molar-refractivity contribution < 1.29 is 18.7 Å². The fourth-order valence-corrected chi connectivity index (χ4v) is 4.59. The Hall–Kier alpha value is -3.93. The highest BCUT2D eigenvalue weighted by Crippen LogP contribution is 2.40. The van der Waals surface area contributed by atoms with Crippen molar-refractivity contribution in [2.75, 3.05) is 11.4 Å². The predicted molar refractivity (Wildman–Crippen MR) is 129 cm³/mol. The van der Waals surface area contributed by atoms with Crippen LogP contribution in [0.1, 0.15) is 30.5 Å². The number of fused-ring (bicyclic) bond motifs is 1. The number of benzene rings is 3. The normalized spacial score (nSPS) is 15.9. The molecule has 0 saturated heterocycles. The maximum absolute atomic E-state index is 13.9. The molecule has 0 N–H and O–H groups in total. The van der Waals surface area contributed by atoms with E-state index in [1.807, 2.05) is 43.0 Å². The molecule has 2 amide bonds. The summed E-state index contributed by atoms with van der Waals surface area (Å²) in [5, 5.41) is 0. The molecular weight excluding hydrogens is 431 g/mol. The number of ether oxygens (including phenoxy) is 1. The molecule has 34 heavy (non-hydrogen) atoms. The molecule has 172 valence electrons. The highest BCUT2D eigenvalue weighted by atomic mass is 19.1. The molecule has 0 radical (unpaired) electrons. The van der Waals surface area contributed by atoms with E-state index in [4.69, 9.17) is 4.74 Å². The van der Waals surface area contributed by atoms with Crippen molar-refractivity contribution in [2.45, 2.75) is 32.9 Å². The lowest BCUT2D eigenvalue weighted by Gasteiger charge is -2.31. The number of carbonyl (C=O) groups excluding carboxylic acids is 2. The van der Waals surface area contributed by atoms with Gasteiger partial charge in [0.15, 0.2) is 0 Å². The van der Waals surface area contributed by atoms with E-state index < -0.39 is 17.6 Å². The number of imide groups is 1. The topological polar surface area (TPSA) is 49.9 Å². The summed E-state index contributed by atoms with van der Waals surface area (Å²) in [6.45, 7) is 4.91. The van der Waals surface area contributed by atoms with E-state index in [-0.39, 0.29) is 11.7 Å². The molecule has 0 spiro atoms. The van der Waals surface area contributed by atoms with Gasteiger partial charge in [-0.1, -0.05) is 48.5 Å². The lowest BCUT2D eigenvalue weighted by atomic mass is 9.98. The Morgan fingerprint density at radius 1 is 0.853 bits per heavy atom. The van der Waals surface area contributed by atoms with Gasteiger partial charge in [0.2, 0.25) is 0 Å². The van der Waals surface area contributed by atoms with E-state index in [0.717, 1.165) is 12.0 Å². The molecule has 0 aliphatic carbocycles. The summed E-state index contributed by atoms with van der Waals surface area (Å²) in [4.78, 5) is 30.9. The third-order valence-electron chi connectivity index (χ3n) is 6.11. The molecule has 0 saturated carbocycles. The first-order valence-corrected chi connectivity index (χ1v) is 11.4. The summed E-state index contributed by atoms with van der Waals surface area (Å²) < 4.78 is 19.6. The zero-order valence-corrected chi connectivity index (χ0v) is 19.1. The molecule has 2 aliphatic heterocycles. The van der Waals surface area contributed by atoms with Gasteiger partial charge in [-0.3, -0.25) is 9.59 Å². The molecule has 0 bridgehead atoms. The summed E-state index contributed by atoms with van der Waals surface area (Å²) in [5.74, 6) is -0.779. The molecule has 3 aromatic carbocycles. The summed E-state index contributed by atoms with van der Waals surface area (Å²) in [5.41, 5.74) is 3.90. The Bertz CT molecular complexity index is 1300. The second-order valence-corrected chi connectivity index (χ2v) is 8.75. The average molecular weight is 457 g/mol. The van der Waals surface area contributed by atoms with Crippen LogP contribution < -0.4 is 9.64 Å². The molecule has 5 rings (SSSR count). The van der Waals surface area contributed by atoms with Crippen LogP contribution in [0.4, 0.5) is 10.1 Å². The van der Waals surface area contributed by atoms with Gasteiger partial charge in [-0.2, -0.15) is 0 Å². The first-order valence-electron chi connectivity index (χ1n) is 11.4. The first-order chi connectivity index (χ1) is 16.4. The van der Waals surface area contributed by atoms with Crippen LogP contribution in [0.15, 0.2) is 78.5 Å². The Labute approximate surface area is 198 Å². The summed E-state index contributed by atoms with van der Waals surface area (Å²) in [6, 6.07) is 20.9. The van der Waals surface area contributed by atoms with Gasteiger partial charge in [0.1, 0.15) is 17.3 Å². The Morgan fingerprint density at radius 2 is 1.53 bits per heavy atom. The average Bonchev–Trinajstić information content (AvgIpc) is 3.09. The van der Waals surface area contributed by atoms with Gasteiger partial charge in [-0.05, 0) is 61.2 Å². The van der Waals surface area contributed by atoms with E-state index >= 15 is 0 Å². The summed E-state index contributed by atoms with van der Waals surface area (Å²) >= 11 is 0. The van der Waals surface area contributed by atoms with Gasteiger partial charge in [0.05, 0.1) is 17.4 Å². The number of hydrogen-bond donors (Lipinski definition) is 0.